The molecule has 10 heteroatoms. The summed E-state index contributed by atoms with van der Waals surface area (Å²) in [6.45, 7) is 2.69. The first-order chi connectivity index (χ1) is 14.6. The van der Waals surface area contributed by atoms with Gasteiger partial charge in [-0.05, 0) is 48.9 Å². The Morgan fingerprint density at radius 1 is 1.29 bits per heavy atom. The van der Waals surface area contributed by atoms with E-state index < -0.39 is 32.6 Å². The number of carbonyl (C=O) groups is 1. The van der Waals surface area contributed by atoms with Gasteiger partial charge in [-0.3, -0.25) is 4.79 Å². The lowest BCUT2D eigenvalue weighted by Crippen LogP contribution is -2.43. The van der Waals surface area contributed by atoms with Crippen LogP contribution in [-0.2, 0) is 10.0 Å². The molecule has 168 valence electrons. The first-order valence-corrected chi connectivity index (χ1v) is 11.6. The molecule has 1 aliphatic heterocycles. The molecule has 0 aliphatic carbocycles. The molecule has 1 fully saturated rings. The zero-order valence-corrected chi connectivity index (χ0v) is 18.4. The Kier molecular flexibility index (Phi) is 7.31. The van der Waals surface area contributed by atoms with Crippen LogP contribution in [0.2, 0.25) is 5.02 Å². The SMILES string of the molecule is CC1CN(S(=O)(=O)c2cccc(C(=O)Nc3cc(F)c(F)c(Cl)c3)c2)CCC1CCO. The fourth-order valence-corrected chi connectivity index (χ4v) is 5.56. The van der Waals surface area contributed by atoms with Crippen molar-refractivity contribution in [3.05, 3.63) is 58.6 Å². The fourth-order valence-electron chi connectivity index (χ4n) is 3.75. The van der Waals surface area contributed by atoms with E-state index in [-0.39, 0.29) is 34.6 Å². The number of carbonyl (C=O) groups excluding carboxylic acids is 1. The van der Waals surface area contributed by atoms with Gasteiger partial charge in [0.05, 0.1) is 9.92 Å². The molecule has 3 rings (SSSR count). The Balaban J connectivity index is 1.78. The molecule has 6 nitrogen and oxygen atoms in total. The number of aliphatic hydroxyl groups excluding tert-OH is 1. The maximum Gasteiger partial charge on any atom is 0.255 e. The van der Waals surface area contributed by atoms with E-state index in [9.17, 15) is 22.0 Å². The van der Waals surface area contributed by atoms with E-state index in [4.69, 9.17) is 16.7 Å². The summed E-state index contributed by atoms with van der Waals surface area (Å²) in [6.07, 6.45) is 1.29. The van der Waals surface area contributed by atoms with Crippen molar-refractivity contribution in [3.63, 3.8) is 0 Å². The van der Waals surface area contributed by atoms with Gasteiger partial charge < -0.3 is 10.4 Å². The molecule has 2 aromatic carbocycles. The van der Waals surface area contributed by atoms with Crippen molar-refractivity contribution >= 4 is 33.2 Å². The number of hydrogen-bond donors (Lipinski definition) is 2. The normalized spacial score (nSPS) is 19.9. The summed E-state index contributed by atoms with van der Waals surface area (Å²) in [7, 11) is -3.82. The lowest BCUT2D eigenvalue weighted by molar-refractivity contribution is 0.102. The molecular weight excluding hydrogens is 450 g/mol. The van der Waals surface area contributed by atoms with E-state index in [0.717, 1.165) is 12.1 Å². The minimum atomic E-state index is -3.82. The third kappa shape index (κ3) is 5.23. The number of anilines is 1. The highest BCUT2D eigenvalue weighted by Crippen LogP contribution is 2.30. The van der Waals surface area contributed by atoms with Gasteiger partial charge >= 0.3 is 0 Å². The predicted molar refractivity (Wildman–Crippen MR) is 113 cm³/mol. The number of nitrogens with zero attached hydrogens (tertiary/aromatic N) is 1. The van der Waals surface area contributed by atoms with E-state index in [0.29, 0.717) is 25.9 Å². The van der Waals surface area contributed by atoms with Crippen LogP contribution >= 0.6 is 11.6 Å². The second-order valence-electron chi connectivity index (χ2n) is 7.64. The number of nitrogens with one attached hydrogen (secondary N) is 1. The Labute approximate surface area is 184 Å². The first-order valence-electron chi connectivity index (χ1n) is 9.80. The Morgan fingerprint density at radius 3 is 2.68 bits per heavy atom. The largest absolute Gasteiger partial charge is 0.396 e. The van der Waals surface area contributed by atoms with Gasteiger partial charge in [0.1, 0.15) is 0 Å². The molecule has 2 unspecified atom stereocenters. The third-order valence-electron chi connectivity index (χ3n) is 5.52. The van der Waals surface area contributed by atoms with Crippen LogP contribution in [-0.4, -0.2) is 43.4 Å². The molecule has 0 saturated carbocycles. The van der Waals surface area contributed by atoms with Gasteiger partial charge in [-0.1, -0.05) is 24.6 Å². The summed E-state index contributed by atoms with van der Waals surface area (Å²) in [5.74, 6) is -2.76. The van der Waals surface area contributed by atoms with Gasteiger partial charge in [-0.25, -0.2) is 17.2 Å². The number of rotatable bonds is 6. The maximum absolute atomic E-state index is 13.5. The van der Waals surface area contributed by atoms with Crippen molar-refractivity contribution < 1.29 is 27.1 Å². The molecule has 0 bridgehead atoms. The van der Waals surface area contributed by atoms with Gasteiger partial charge in [0.25, 0.3) is 5.91 Å². The van der Waals surface area contributed by atoms with Crippen molar-refractivity contribution in [3.8, 4) is 0 Å². The number of benzene rings is 2. The fraction of sp³-hybridized carbons (Fsp3) is 0.381. The average Bonchev–Trinajstić information content (AvgIpc) is 2.73. The number of sulfonamides is 1. The molecular formula is C21H23ClF2N2O4S. The molecule has 0 radical (unpaired) electrons. The number of aliphatic hydroxyl groups is 1. The maximum atomic E-state index is 13.5. The summed E-state index contributed by atoms with van der Waals surface area (Å²) in [4.78, 5) is 12.5. The van der Waals surface area contributed by atoms with Crippen molar-refractivity contribution in [1.29, 1.82) is 0 Å². The standard InChI is InChI=1S/C21H23ClF2N2O4S/c1-13-12-26(7-5-14(13)6-8-27)31(29,30)17-4-2-3-15(9-17)21(28)25-16-10-18(22)20(24)19(23)11-16/h2-4,9-11,13-14,27H,5-8,12H2,1H3,(H,25,28). The molecule has 1 saturated heterocycles. The highest BCUT2D eigenvalue weighted by Gasteiger charge is 2.33. The predicted octanol–water partition coefficient (Wildman–Crippen LogP) is 3.90. The summed E-state index contributed by atoms with van der Waals surface area (Å²) in [5, 5.41) is 11.1. The van der Waals surface area contributed by atoms with Gasteiger partial charge in [0.15, 0.2) is 11.6 Å². The quantitative estimate of drug-likeness (QED) is 0.624. The first kappa shape index (κ1) is 23.6. The topological polar surface area (TPSA) is 86.7 Å². The van der Waals surface area contributed by atoms with E-state index in [1.54, 1.807) is 0 Å². The smallest absolute Gasteiger partial charge is 0.255 e. The monoisotopic (exact) mass is 472 g/mol. The van der Waals surface area contributed by atoms with E-state index >= 15 is 0 Å². The van der Waals surface area contributed by atoms with Crippen LogP contribution in [0.4, 0.5) is 14.5 Å². The Bertz CT molecular complexity index is 1060. The van der Waals surface area contributed by atoms with E-state index in [1.165, 1.54) is 28.6 Å². The van der Waals surface area contributed by atoms with Gasteiger partial charge in [0, 0.05) is 37.0 Å². The second-order valence-corrected chi connectivity index (χ2v) is 9.98. The van der Waals surface area contributed by atoms with Gasteiger partial charge in [-0.15, -0.1) is 0 Å². The molecule has 0 spiro atoms. The number of piperidine rings is 1. The van der Waals surface area contributed by atoms with Crippen LogP contribution in [0, 0.1) is 23.5 Å². The summed E-state index contributed by atoms with van der Waals surface area (Å²) in [6, 6.07) is 7.38. The lowest BCUT2D eigenvalue weighted by Gasteiger charge is -2.36. The minimum Gasteiger partial charge on any atom is -0.396 e. The van der Waals surface area contributed by atoms with Crippen molar-refractivity contribution in [1.82, 2.24) is 4.31 Å². The van der Waals surface area contributed by atoms with E-state index in [2.05, 4.69) is 5.32 Å². The van der Waals surface area contributed by atoms with Gasteiger partial charge in [0.2, 0.25) is 10.0 Å². The number of halogens is 3. The molecule has 1 amide bonds. The van der Waals surface area contributed by atoms with Crippen LogP contribution in [0.5, 0.6) is 0 Å². The molecule has 2 aromatic rings. The molecule has 1 aliphatic rings. The highest BCUT2D eigenvalue weighted by molar-refractivity contribution is 7.89. The van der Waals surface area contributed by atoms with Crippen molar-refractivity contribution in [2.75, 3.05) is 25.0 Å². The molecule has 31 heavy (non-hydrogen) atoms. The Hall–Kier alpha value is -2.07. The summed E-state index contributed by atoms with van der Waals surface area (Å²) >= 11 is 5.60. The van der Waals surface area contributed by atoms with Crippen LogP contribution < -0.4 is 5.32 Å². The van der Waals surface area contributed by atoms with Crippen LogP contribution in [0.25, 0.3) is 0 Å². The molecule has 1 heterocycles. The average molecular weight is 473 g/mol. The lowest BCUT2D eigenvalue weighted by atomic mass is 9.86. The van der Waals surface area contributed by atoms with Crippen LogP contribution in [0.1, 0.15) is 30.1 Å². The molecule has 0 aromatic heterocycles. The zero-order valence-electron chi connectivity index (χ0n) is 16.8. The molecule has 2 atom stereocenters. The Morgan fingerprint density at radius 2 is 2.03 bits per heavy atom. The van der Waals surface area contributed by atoms with Crippen molar-refractivity contribution in [2.45, 2.75) is 24.7 Å². The van der Waals surface area contributed by atoms with Gasteiger partial charge in [-0.2, -0.15) is 4.31 Å². The molecule has 2 N–H and O–H groups in total. The number of amides is 1. The highest BCUT2D eigenvalue weighted by atomic mass is 35.5. The summed E-state index contributed by atoms with van der Waals surface area (Å²) in [5.41, 5.74) is -0.00733. The van der Waals surface area contributed by atoms with Crippen LogP contribution in [0.3, 0.4) is 0 Å². The van der Waals surface area contributed by atoms with E-state index in [1.807, 2.05) is 6.92 Å². The number of hydrogen-bond acceptors (Lipinski definition) is 4. The second kappa shape index (κ2) is 9.60. The third-order valence-corrected chi connectivity index (χ3v) is 7.66. The minimum absolute atomic E-state index is 0.0312. The zero-order chi connectivity index (χ0) is 22.8. The summed E-state index contributed by atoms with van der Waals surface area (Å²) < 4.78 is 54.4. The van der Waals surface area contributed by atoms with Crippen LogP contribution in [0.15, 0.2) is 41.3 Å². The van der Waals surface area contributed by atoms with Crippen molar-refractivity contribution in [2.24, 2.45) is 11.8 Å².